The number of aliphatic carboxylic acids is 1. The molecule has 0 bridgehead atoms. The van der Waals surface area contributed by atoms with Crippen LogP contribution in [0.3, 0.4) is 0 Å². The monoisotopic (exact) mass is 573 g/mol. The van der Waals surface area contributed by atoms with E-state index in [1.165, 1.54) is 11.8 Å². The second-order valence-corrected chi connectivity index (χ2v) is 13.0. The largest absolute Gasteiger partial charge is 0.480 e. The van der Waals surface area contributed by atoms with Crippen LogP contribution in [-0.4, -0.2) is 64.9 Å². The maximum Gasteiger partial charge on any atom is 0.326 e. The molecule has 1 saturated heterocycles. The molecule has 2 aliphatic rings. The first-order valence-corrected chi connectivity index (χ1v) is 15.4. The van der Waals surface area contributed by atoms with Crippen molar-refractivity contribution in [1.82, 2.24) is 10.2 Å². The third-order valence-corrected chi connectivity index (χ3v) is 8.48. The van der Waals surface area contributed by atoms with Crippen LogP contribution in [0.5, 0.6) is 0 Å². The van der Waals surface area contributed by atoms with Gasteiger partial charge in [0, 0.05) is 19.0 Å². The highest BCUT2D eigenvalue weighted by Gasteiger charge is 2.45. The molecule has 2 heterocycles. The molecule has 1 fully saturated rings. The van der Waals surface area contributed by atoms with Gasteiger partial charge in [0.2, 0.25) is 21.8 Å². The number of fused-ring (bicyclic) bond motifs is 3. The van der Waals surface area contributed by atoms with Crippen molar-refractivity contribution in [1.29, 1.82) is 0 Å². The summed E-state index contributed by atoms with van der Waals surface area (Å²) in [6, 6.07) is 11.4. The number of amides is 2. The van der Waals surface area contributed by atoms with Crippen molar-refractivity contribution in [3.63, 3.8) is 0 Å². The van der Waals surface area contributed by atoms with Gasteiger partial charge in [-0.1, -0.05) is 48.2 Å². The number of rotatable bonds is 8. The molecular formula is C27H31N3O7S2. The van der Waals surface area contributed by atoms with E-state index >= 15 is 0 Å². The van der Waals surface area contributed by atoms with E-state index in [0.717, 1.165) is 23.6 Å². The quantitative estimate of drug-likeness (QED) is 0.436. The number of benzene rings is 2. The Kier molecular flexibility index (Phi) is 8.65. The fourth-order valence-electron chi connectivity index (χ4n) is 5.30. The predicted molar refractivity (Wildman–Crippen MR) is 148 cm³/mol. The Morgan fingerprint density at radius 2 is 1.85 bits per heavy atom. The molecule has 2 aromatic carbocycles. The summed E-state index contributed by atoms with van der Waals surface area (Å²) < 4.78 is 26.1. The number of hydrogen-bond donors (Lipinski definition) is 3. The summed E-state index contributed by atoms with van der Waals surface area (Å²) in [5.74, 6) is -2.14. The maximum atomic E-state index is 13.9. The number of carboxylic acid groups (broad SMARTS) is 1. The van der Waals surface area contributed by atoms with Crippen molar-refractivity contribution < 1.29 is 32.7 Å². The Balaban J connectivity index is 1.69. The van der Waals surface area contributed by atoms with E-state index in [0.29, 0.717) is 29.7 Å². The minimum absolute atomic E-state index is 0.0984. The third kappa shape index (κ3) is 6.99. The molecule has 2 amide bonds. The molecule has 0 radical (unpaired) electrons. The summed E-state index contributed by atoms with van der Waals surface area (Å²) in [6.45, 7) is 1.38. The molecule has 0 aromatic heterocycles. The van der Waals surface area contributed by atoms with Gasteiger partial charge in [-0.2, -0.15) is 0 Å². The number of thioether (sulfide) groups is 1. The normalized spacial score (nSPS) is 21.6. The Hall–Kier alpha value is -3.38. The van der Waals surface area contributed by atoms with Crippen LogP contribution in [0.25, 0.3) is 0 Å². The topological polar surface area (TPSA) is 150 Å². The van der Waals surface area contributed by atoms with Crippen LogP contribution < -0.4 is 10.0 Å². The highest BCUT2D eigenvalue weighted by molar-refractivity contribution is 8.14. The fraction of sp³-hybridized carbons (Fsp3) is 0.407. The van der Waals surface area contributed by atoms with E-state index in [4.69, 9.17) is 0 Å². The van der Waals surface area contributed by atoms with Gasteiger partial charge < -0.3 is 15.3 Å². The molecular weight excluding hydrogens is 542 g/mol. The van der Waals surface area contributed by atoms with Crippen molar-refractivity contribution in [3.05, 3.63) is 65.2 Å². The van der Waals surface area contributed by atoms with Crippen molar-refractivity contribution in [2.24, 2.45) is 0 Å². The Labute approximate surface area is 231 Å². The van der Waals surface area contributed by atoms with Crippen LogP contribution in [0.2, 0.25) is 0 Å². The molecule has 39 heavy (non-hydrogen) atoms. The number of anilines is 1. The highest BCUT2D eigenvalue weighted by atomic mass is 32.2. The molecule has 12 heteroatoms. The number of nitrogens with one attached hydrogen (secondary N) is 2. The van der Waals surface area contributed by atoms with Crippen LogP contribution in [0, 0.1) is 0 Å². The average molecular weight is 574 g/mol. The summed E-state index contributed by atoms with van der Waals surface area (Å²) in [6.07, 6.45) is 2.75. The van der Waals surface area contributed by atoms with Crippen LogP contribution in [0.4, 0.5) is 5.69 Å². The standard InChI is InChI=1S/C27H31N3O7S2/c1-16(31)38-24(13-17-7-4-3-5-8-17)25(32)28-21-14-18-11-12-19(29-39(2,36)37)15-20(18)22-9-6-10-23(27(34)35)30(22)26(21)33/h3-5,7-8,11-12,15,21-24,29H,6,9-10,13-14H2,1-2H3,(H,28,32)(H,34,35)/t21-,22+,23-,24-/m0/s1. The molecule has 208 valence electrons. The van der Waals surface area contributed by atoms with Crippen molar-refractivity contribution in [3.8, 4) is 0 Å². The van der Waals surface area contributed by atoms with Gasteiger partial charge in [-0.25, -0.2) is 13.2 Å². The zero-order valence-corrected chi connectivity index (χ0v) is 23.3. The Morgan fingerprint density at radius 3 is 2.49 bits per heavy atom. The average Bonchev–Trinajstić information content (AvgIpc) is 2.97. The number of hydrogen-bond acceptors (Lipinski definition) is 7. The molecule has 0 aliphatic carbocycles. The van der Waals surface area contributed by atoms with Crippen molar-refractivity contribution in [2.75, 3.05) is 11.0 Å². The van der Waals surface area contributed by atoms with E-state index < -0.39 is 51.2 Å². The summed E-state index contributed by atoms with van der Waals surface area (Å²) in [4.78, 5) is 52.8. The Morgan fingerprint density at radius 1 is 1.13 bits per heavy atom. The smallest absolute Gasteiger partial charge is 0.326 e. The molecule has 4 atom stereocenters. The van der Waals surface area contributed by atoms with E-state index in [9.17, 15) is 32.7 Å². The second-order valence-electron chi connectivity index (χ2n) is 9.89. The lowest BCUT2D eigenvalue weighted by atomic mass is 9.89. The molecule has 2 aromatic rings. The number of carboxylic acids is 1. The Bertz CT molecular complexity index is 1380. The summed E-state index contributed by atoms with van der Waals surface area (Å²) in [7, 11) is -3.56. The minimum Gasteiger partial charge on any atom is -0.480 e. The zero-order valence-electron chi connectivity index (χ0n) is 21.6. The van der Waals surface area contributed by atoms with Crippen LogP contribution in [-0.2, 0) is 42.0 Å². The lowest BCUT2D eigenvalue weighted by Gasteiger charge is -2.40. The van der Waals surface area contributed by atoms with Gasteiger partial charge in [0.15, 0.2) is 5.12 Å². The lowest BCUT2D eigenvalue weighted by Crippen LogP contribution is -2.56. The van der Waals surface area contributed by atoms with Crippen molar-refractivity contribution in [2.45, 2.75) is 62.4 Å². The minimum atomic E-state index is -3.56. The third-order valence-electron chi connectivity index (χ3n) is 6.88. The zero-order chi connectivity index (χ0) is 28.3. The highest BCUT2D eigenvalue weighted by Crippen LogP contribution is 2.40. The van der Waals surface area contributed by atoms with Gasteiger partial charge in [0.25, 0.3) is 0 Å². The number of carbonyl (C=O) groups is 4. The van der Waals surface area contributed by atoms with Gasteiger partial charge in [0.1, 0.15) is 12.1 Å². The number of sulfonamides is 1. The molecule has 4 rings (SSSR count). The SMILES string of the molecule is CC(=O)S[C@@H](Cc1ccccc1)C(=O)N[C@H]1Cc2ccc(NS(C)(=O)=O)cc2[C@H]2CCC[C@@H](C(=O)O)N2C1=O. The first-order chi connectivity index (χ1) is 18.4. The van der Waals surface area contributed by atoms with Crippen molar-refractivity contribution >= 4 is 50.4 Å². The van der Waals surface area contributed by atoms with E-state index in [2.05, 4.69) is 10.0 Å². The molecule has 0 unspecified atom stereocenters. The van der Waals surface area contributed by atoms with E-state index in [-0.39, 0.29) is 24.4 Å². The molecule has 0 saturated carbocycles. The van der Waals surface area contributed by atoms with Crippen LogP contribution >= 0.6 is 11.8 Å². The molecule has 2 aliphatic heterocycles. The first-order valence-electron chi connectivity index (χ1n) is 12.6. The number of nitrogens with zero attached hydrogens (tertiary/aromatic N) is 1. The van der Waals surface area contributed by atoms with E-state index in [1.54, 1.807) is 18.2 Å². The molecule has 3 N–H and O–H groups in total. The first kappa shape index (κ1) is 28.6. The number of carbonyl (C=O) groups excluding carboxylic acids is 3. The van der Waals surface area contributed by atoms with Crippen LogP contribution in [0.1, 0.15) is 48.9 Å². The summed E-state index contributed by atoms with van der Waals surface area (Å²) >= 11 is 0.883. The summed E-state index contributed by atoms with van der Waals surface area (Å²) in [5.41, 5.74) is 2.53. The van der Waals surface area contributed by atoms with Gasteiger partial charge in [0.05, 0.1) is 17.5 Å². The second kappa shape index (κ2) is 11.8. The van der Waals surface area contributed by atoms with Gasteiger partial charge in [-0.3, -0.25) is 19.1 Å². The molecule has 0 spiro atoms. The lowest BCUT2D eigenvalue weighted by molar-refractivity contribution is -0.156. The van der Waals surface area contributed by atoms with Gasteiger partial charge in [-0.15, -0.1) is 0 Å². The van der Waals surface area contributed by atoms with Crippen LogP contribution in [0.15, 0.2) is 48.5 Å². The van der Waals surface area contributed by atoms with E-state index in [1.807, 2.05) is 30.3 Å². The van der Waals surface area contributed by atoms with Gasteiger partial charge >= 0.3 is 5.97 Å². The summed E-state index contributed by atoms with van der Waals surface area (Å²) in [5, 5.41) is 11.7. The van der Waals surface area contributed by atoms with Gasteiger partial charge in [-0.05, 0) is 54.5 Å². The number of piperidine rings is 1. The molecule has 10 nitrogen and oxygen atoms in total. The maximum absolute atomic E-state index is 13.9. The fourth-order valence-corrected chi connectivity index (χ4v) is 6.71. The predicted octanol–water partition coefficient (Wildman–Crippen LogP) is 2.50.